The van der Waals surface area contributed by atoms with Crippen LogP contribution in [0.25, 0.3) is 0 Å². The molecule has 1 aliphatic rings. The van der Waals surface area contributed by atoms with Crippen LogP contribution < -0.4 is 0 Å². The van der Waals surface area contributed by atoms with Gasteiger partial charge in [-0.25, -0.2) is 0 Å². The van der Waals surface area contributed by atoms with Crippen molar-refractivity contribution in [3.8, 4) is 0 Å². The molecule has 0 amide bonds. The Labute approximate surface area is 42.4 Å². The Bertz CT molecular complexity index is 86.1. The maximum absolute atomic E-state index is 8.65. The third-order valence-corrected chi connectivity index (χ3v) is 0.892. The predicted octanol–water partition coefficient (Wildman–Crippen LogP) is 0.849. The van der Waals surface area contributed by atoms with Crippen LogP contribution in [0, 0.1) is 0 Å². The lowest BCUT2D eigenvalue weighted by molar-refractivity contribution is 0.117. The second-order valence-electron chi connectivity index (χ2n) is 1.54. The number of aliphatic hydroxyl groups excluding tert-OH is 1. The second kappa shape index (κ2) is 1.98. The van der Waals surface area contributed by atoms with Crippen molar-refractivity contribution in [2.24, 2.45) is 0 Å². The van der Waals surface area contributed by atoms with Crippen molar-refractivity contribution in [3.05, 3.63) is 11.8 Å². The van der Waals surface area contributed by atoms with Crippen LogP contribution in [0.5, 0.6) is 0 Å². The van der Waals surface area contributed by atoms with Crippen LogP contribution in [-0.2, 0) is 4.74 Å². The molecule has 1 aliphatic heterocycles. The van der Waals surface area contributed by atoms with Crippen molar-refractivity contribution in [2.45, 2.75) is 6.42 Å². The molecular weight excluding hydrogens is 92.1 g/mol. The SMILES string of the molecule is OC1=CCCOC1. The first-order chi connectivity index (χ1) is 3.39. The van der Waals surface area contributed by atoms with Crippen molar-refractivity contribution < 1.29 is 9.84 Å². The highest BCUT2D eigenvalue weighted by molar-refractivity contribution is 4.93. The molecule has 0 atom stereocenters. The van der Waals surface area contributed by atoms with E-state index in [0.29, 0.717) is 12.4 Å². The average Bonchev–Trinajstić information content (AvgIpc) is 1.69. The molecule has 1 rings (SSSR count). The Hall–Kier alpha value is -0.500. The van der Waals surface area contributed by atoms with Crippen molar-refractivity contribution in [2.75, 3.05) is 13.2 Å². The van der Waals surface area contributed by atoms with Crippen LogP contribution in [0.15, 0.2) is 11.8 Å². The molecule has 0 spiro atoms. The van der Waals surface area contributed by atoms with E-state index >= 15 is 0 Å². The summed E-state index contributed by atoms with van der Waals surface area (Å²) in [6, 6.07) is 0. The zero-order valence-electron chi connectivity index (χ0n) is 4.05. The first kappa shape index (κ1) is 4.65. The lowest BCUT2D eigenvalue weighted by Gasteiger charge is -2.06. The van der Waals surface area contributed by atoms with Crippen molar-refractivity contribution in [1.29, 1.82) is 0 Å². The summed E-state index contributed by atoms with van der Waals surface area (Å²) in [5.74, 6) is 0.367. The van der Waals surface area contributed by atoms with Crippen LogP contribution in [0.2, 0.25) is 0 Å². The van der Waals surface area contributed by atoms with E-state index in [0.717, 1.165) is 13.0 Å². The van der Waals surface area contributed by atoms with E-state index in [2.05, 4.69) is 0 Å². The van der Waals surface area contributed by atoms with Crippen LogP contribution in [0.4, 0.5) is 0 Å². The van der Waals surface area contributed by atoms with Crippen LogP contribution >= 0.6 is 0 Å². The highest BCUT2D eigenvalue weighted by Gasteiger charge is 1.97. The van der Waals surface area contributed by atoms with Gasteiger partial charge in [-0.05, 0) is 12.5 Å². The summed E-state index contributed by atoms with van der Waals surface area (Å²) in [7, 11) is 0. The third-order valence-electron chi connectivity index (χ3n) is 0.892. The van der Waals surface area contributed by atoms with E-state index in [9.17, 15) is 0 Å². The lowest BCUT2D eigenvalue weighted by Crippen LogP contribution is -2.04. The highest BCUT2D eigenvalue weighted by atomic mass is 16.5. The number of hydrogen-bond acceptors (Lipinski definition) is 2. The Morgan fingerprint density at radius 3 is 2.86 bits per heavy atom. The van der Waals surface area contributed by atoms with Gasteiger partial charge in [0, 0.05) is 0 Å². The summed E-state index contributed by atoms with van der Waals surface area (Å²) in [6.07, 6.45) is 2.63. The molecule has 2 heteroatoms. The Morgan fingerprint density at radius 2 is 2.57 bits per heavy atom. The molecule has 0 bridgehead atoms. The highest BCUT2D eigenvalue weighted by Crippen LogP contribution is 1.99. The van der Waals surface area contributed by atoms with E-state index in [-0.39, 0.29) is 0 Å². The van der Waals surface area contributed by atoms with E-state index < -0.39 is 0 Å². The van der Waals surface area contributed by atoms with E-state index in [1.165, 1.54) is 0 Å². The normalized spacial score (nSPS) is 21.4. The minimum Gasteiger partial charge on any atom is -0.510 e. The Kier molecular flexibility index (Phi) is 1.32. The molecule has 0 aromatic carbocycles. The summed E-state index contributed by atoms with van der Waals surface area (Å²) >= 11 is 0. The monoisotopic (exact) mass is 100 g/mol. The molecule has 1 heterocycles. The molecule has 0 unspecified atom stereocenters. The van der Waals surface area contributed by atoms with Gasteiger partial charge in [0.15, 0.2) is 0 Å². The molecule has 0 radical (unpaired) electrons. The molecule has 7 heavy (non-hydrogen) atoms. The summed E-state index contributed by atoms with van der Waals surface area (Å²) in [4.78, 5) is 0. The molecule has 0 saturated carbocycles. The van der Waals surface area contributed by atoms with Gasteiger partial charge >= 0.3 is 0 Å². The van der Waals surface area contributed by atoms with Gasteiger partial charge < -0.3 is 9.84 Å². The van der Waals surface area contributed by atoms with Crippen molar-refractivity contribution >= 4 is 0 Å². The van der Waals surface area contributed by atoms with Gasteiger partial charge in [0.25, 0.3) is 0 Å². The summed E-state index contributed by atoms with van der Waals surface area (Å²) in [5, 5.41) is 8.65. The molecule has 1 N–H and O–H groups in total. The summed E-state index contributed by atoms with van der Waals surface area (Å²) in [5.41, 5.74) is 0. The van der Waals surface area contributed by atoms with E-state index in [1.54, 1.807) is 6.08 Å². The van der Waals surface area contributed by atoms with Crippen LogP contribution in [0.3, 0.4) is 0 Å². The lowest BCUT2D eigenvalue weighted by atomic mass is 10.3. The summed E-state index contributed by atoms with van der Waals surface area (Å²) < 4.78 is 4.86. The smallest absolute Gasteiger partial charge is 0.114 e. The van der Waals surface area contributed by atoms with Gasteiger partial charge in [0.2, 0.25) is 0 Å². The van der Waals surface area contributed by atoms with Gasteiger partial charge in [0.05, 0.1) is 6.61 Å². The molecule has 0 aliphatic carbocycles. The molecule has 2 nitrogen and oxygen atoms in total. The minimum absolute atomic E-state index is 0.367. The quantitative estimate of drug-likeness (QED) is 0.489. The fraction of sp³-hybridized carbons (Fsp3) is 0.600. The van der Waals surface area contributed by atoms with Gasteiger partial charge in [-0.3, -0.25) is 0 Å². The molecule has 0 aromatic heterocycles. The zero-order valence-corrected chi connectivity index (χ0v) is 4.05. The summed E-state index contributed by atoms with van der Waals surface area (Å²) in [6.45, 7) is 1.16. The van der Waals surface area contributed by atoms with Crippen molar-refractivity contribution in [3.63, 3.8) is 0 Å². The molecular formula is C5H8O2. The average molecular weight is 100 g/mol. The number of ether oxygens (including phenoxy) is 1. The van der Waals surface area contributed by atoms with Gasteiger partial charge in [-0.2, -0.15) is 0 Å². The Balaban J connectivity index is 2.40. The fourth-order valence-corrected chi connectivity index (χ4v) is 0.545. The standard InChI is InChI=1S/C5H8O2/c6-5-2-1-3-7-4-5/h2,6H,1,3-4H2. The maximum atomic E-state index is 8.65. The van der Waals surface area contributed by atoms with Crippen molar-refractivity contribution in [1.82, 2.24) is 0 Å². The van der Waals surface area contributed by atoms with Gasteiger partial charge in [-0.1, -0.05) is 0 Å². The number of rotatable bonds is 0. The molecule has 0 saturated heterocycles. The first-order valence-corrected chi connectivity index (χ1v) is 2.35. The second-order valence-corrected chi connectivity index (χ2v) is 1.54. The third kappa shape index (κ3) is 1.20. The largest absolute Gasteiger partial charge is 0.510 e. The van der Waals surface area contributed by atoms with Gasteiger partial charge in [-0.15, -0.1) is 0 Å². The maximum Gasteiger partial charge on any atom is 0.114 e. The fourth-order valence-electron chi connectivity index (χ4n) is 0.545. The zero-order chi connectivity index (χ0) is 5.11. The Morgan fingerprint density at radius 1 is 1.71 bits per heavy atom. The topological polar surface area (TPSA) is 29.5 Å². The minimum atomic E-state index is 0.367. The van der Waals surface area contributed by atoms with E-state index in [4.69, 9.17) is 9.84 Å². The van der Waals surface area contributed by atoms with Gasteiger partial charge in [0.1, 0.15) is 12.4 Å². The molecule has 40 valence electrons. The predicted molar refractivity (Wildman–Crippen MR) is 26.1 cm³/mol. The van der Waals surface area contributed by atoms with Crippen LogP contribution in [-0.4, -0.2) is 18.3 Å². The number of aliphatic hydroxyl groups is 1. The molecule has 0 fully saturated rings. The molecule has 0 aromatic rings. The van der Waals surface area contributed by atoms with Crippen LogP contribution in [0.1, 0.15) is 6.42 Å². The first-order valence-electron chi connectivity index (χ1n) is 2.35. The van der Waals surface area contributed by atoms with E-state index in [1.807, 2.05) is 0 Å². The number of hydrogen-bond donors (Lipinski definition) is 1.